The Labute approximate surface area is 159 Å². The molecule has 1 aromatic carbocycles. The maximum atomic E-state index is 12.0. The summed E-state index contributed by atoms with van der Waals surface area (Å²) in [6.07, 6.45) is 4.28. The Morgan fingerprint density at radius 1 is 1.11 bits per heavy atom. The van der Waals surface area contributed by atoms with Gasteiger partial charge in [0.15, 0.2) is 11.5 Å². The smallest absolute Gasteiger partial charge is 0.273 e. The molecular weight excluding hydrogens is 342 g/mol. The number of rotatable bonds is 5. The Hall–Kier alpha value is -2.34. The van der Waals surface area contributed by atoms with Crippen LogP contribution in [0.5, 0.6) is 11.5 Å². The van der Waals surface area contributed by atoms with Crippen molar-refractivity contribution in [1.82, 2.24) is 14.5 Å². The monoisotopic (exact) mass is 369 g/mol. The molecule has 1 saturated heterocycles. The molecule has 4 rings (SSSR count). The summed E-state index contributed by atoms with van der Waals surface area (Å²) in [4.78, 5) is 18.7. The summed E-state index contributed by atoms with van der Waals surface area (Å²) in [6, 6.07) is 7.88. The van der Waals surface area contributed by atoms with Crippen molar-refractivity contribution in [2.45, 2.75) is 44.7 Å². The summed E-state index contributed by atoms with van der Waals surface area (Å²) >= 11 is 0. The standard InChI is InChI=1S/C21H27N3O3/c1-26-18-8-7-15(11-19(18)27-2)13-23-9-3-5-16(14-23)17-12-21(25)22-20-6-4-10-24(17)20/h7-8,11-12,16H,3-6,9-10,13-14H2,1-2H3. The van der Waals surface area contributed by atoms with Crippen LogP contribution in [0.1, 0.15) is 42.3 Å². The van der Waals surface area contributed by atoms with Gasteiger partial charge in [0, 0.05) is 43.7 Å². The normalized spacial score (nSPS) is 19.7. The average Bonchev–Trinajstić information content (AvgIpc) is 3.15. The summed E-state index contributed by atoms with van der Waals surface area (Å²) in [6.45, 7) is 3.91. The van der Waals surface area contributed by atoms with Crippen molar-refractivity contribution in [2.75, 3.05) is 27.3 Å². The number of methoxy groups -OCH3 is 2. The van der Waals surface area contributed by atoms with Crippen LogP contribution in [0.15, 0.2) is 29.1 Å². The largest absolute Gasteiger partial charge is 0.493 e. The van der Waals surface area contributed by atoms with Crippen LogP contribution in [0, 0.1) is 0 Å². The van der Waals surface area contributed by atoms with Crippen molar-refractivity contribution >= 4 is 0 Å². The van der Waals surface area contributed by atoms with E-state index >= 15 is 0 Å². The molecule has 27 heavy (non-hydrogen) atoms. The predicted octanol–water partition coefficient (Wildman–Crippen LogP) is 2.59. The number of benzene rings is 1. The van der Waals surface area contributed by atoms with Crippen LogP contribution in [0.4, 0.5) is 0 Å². The molecule has 2 aromatic rings. The van der Waals surface area contributed by atoms with E-state index in [1.54, 1.807) is 20.3 Å². The fraction of sp³-hybridized carbons (Fsp3) is 0.524. The SMILES string of the molecule is COc1ccc(CN2CCCC(c3cc(=O)nc4n3CCC4)C2)cc1OC. The van der Waals surface area contributed by atoms with Gasteiger partial charge in [0.05, 0.1) is 14.2 Å². The highest BCUT2D eigenvalue weighted by atomic mass is 16.5. The molecule has 144 valence electrons. The molecule has 0 spiro atoms. The van der Waals surface area contributed by atoms with E-state index in [4.69, 9.17) is 9.47 Å². The molecule has 2 aliphatic heterocycles. The van der Waals surface area contributed by atoms with Crippen LogP contribution in [0.25, 0.3) is 0 Å². The van der Waals surface area contributed by atoms with E-state index in [9.17, 15) is 4.79 Å². The Morgan fingerprint density at radius 3 is 2.78 bits per heavy atom. The molecule has 0 bridgehead atoms. The van der Waals surface area contributed by atoms with Gasteiger partial charge in [0.1, 0.15) is 5.82 Å². The number of hydrogen-bond donors (Lipinski definition) is 0. The summed E-state index contributed by atoms with van der Waals surface area (Å²) in [7, 11) is 3.32. The van der Waals surface area contributed by atoms with E-state index in [2.05, 4.69) is 26.6 Å². The summed E-state index contributed by atoms with van der Waals surface area (Å²) in [5.41, 5.74) is 2.31. The molecule has 0 N–H and O–H groups in total. The first-order chi connectivity index (χ1) is 13.2. The number of aryl methyl sites for hydroxylation is 1. The van der Waals surface area contributed by atoms with Crippen LogP contribution >= 0.6 is 0 Å². The van der Waals surface area contributed by atoms with Crippen LogP contribution < -0.4 is 15.0 Å². The lowest BCUT2D eigenvalue weighted by molar-refractivity contribution is 0.196. The van der Waals surface area contributed by atoms with Crippen LogP contribution in [-0.2, 0) is 19.5 Å². The van der Waals surface area contributed by atoms with Gasteiger partial charge in [-0.15, -0.1) is 0 Å². The first-order valence-electron chi connectivity index (χ1n) is 9.72. The van der Waals surface area contributed by atoms with E-state index in [0.29, 0.717) is 5.92 Å². The van der Waals surface area contributed by atoms with E-state index in [1.807, 2.05) is 6.07 Å². The Morgan fingerprint density at radius 2 is 1.96 bits per heavy atom. The van der Waals surface area contributed by atoms with Gasteiger partial charge >= 0.3 is 0 Å². The molecule has 2 aliphatic rings. The van der Waals surface area contributed by atoms with Crippen LogP contribution in [-0.4, -0.2) is 41.8 Å². The minimum Gasteiger partial charge on any atom is -0.493 e. The lowest BCUT2D eigenvalue weighted by atomic mass is 9.93. The van der Waals surface area contributed by atoms with Gasteiger partial charge < -0.3 is 14.0 Å². The number of hydrogen-bond acceptors (Lipinski definition) is 5. The highest BCUT2D eigenvalue weighted by Crippen LogP contribution is 2.31. The van der Waals surface area contributed by atoms with Crippen molar-refractivity contribution < 1.29 is 9.47 Å². The maximum Gasteiger partial charge on any atom is 0.273 e. The van der Waals surface area contributed by atoms with Crippen molar-refractivity contribution in [3.05, 3.63) is 51.7 Å². The van der Waals surface area contributed by atoms with Gasteiger partial charge in [0.2, 0.25) is 0 Å². The number of piperidine rings is 1. The average molecular weight is 369 g/mol. The van der Waals surface area contributed by atoms with Crippen molar-refractivity contribution in [3.8, 4) is 11.5 Å². The zero-order valence-electron chi connectivity index (χ0n) is 16.1. The molecule has 0 aliphatic carbocycles. The van der Waals surface area contributed by atoms with E-state index in [0.717, 1.165) is 69.2 Å². The van der Waals surface area contributed by atoms with Gasteiger partial charge in [-0.3, -0.25) is 9.69 Å². The van der Waals surface area contributed by atoms with Gasteiger partial charge in [-0.05, 0) is 43.5 Å². The van der Waals surface area contributed by atoms with Crippen molar-refractivity contribution in [2.24, 2.45) is 0 Å². The summed E-state index contributed by atoms with van der Waals surface area (Å²) in [5, 5.41) is 0. The molecule has 1 atom stereocenters. The molecule has 0 radical (unpaired) electrons. The van der Waals surface area contributed by atoms with Crippen molar-refractivity contribution in [1.29, 1.82) is 0 Å². The second kappa shape index (κ2) is 7.72. The maximum absolute atomic E-state index is 12.0. The Balaban J connectivity index is 1.52. The summed E-state index contributed by atoms with van der Waals surface area (Å²) < 4.78 is 13.0. The third-order valence-corrected chi connectivity index (χ3v) is 5.69. The van der Waals surface area contributed by atoms with Gasteiger partial charge in [0.25, 0.3) is 5.56 Å². The molecule has 1 fully saturated rings. The second-order valence-corrected chi connectivity index (χ2v) is 7.45. The number of aromatic nitrogens is 2. The third-order valence-electron chi connectivity index (χ3n) is 5.69. The van der Waals surface area contributed by atoms with Crippen LogP contribution in [0.2, 0.25) is 0 Å². The van der Waals surface area contributed by atoms with Gasteiger partial charge in [-0.1, -0.05) is 6.07 Å². The van der Waals surface area contributed by atoms with Gasteiger partial charge in [-0.2, -0.15) is 4.98 Å². The number of nitrogens with zero attached hydrogens (tertiary/aromatic N) is 3. The number of fused-ring (bicyclic) bond motifs is 1. The van der Waals surface area contributed by atoms with E-state index in [1.165, 1.54) is 11.3 Å². The fourth-order valence-corrected chi connectivity index (χ4v) is 4.43. The number of ether oxygens (including phenoxy) is 2. The molecule has 6 heteroatoms. The quantitative estimate of drug-likeness (QED) is 0.811. The minimum absolute atomic E-state index is 0.0878. The highest BCUT2D eigenvalue weighted by Gasteiger charge is 2.26. The molecule has 0 amide bonds. The molecule has 1 unspecified atom stereocenters. The van der Waals surface area contributed by atoms with Gasteiger partial charge in [-0.25, -0.2) is 0 Å². The number of likely N-dealkylation sites (tertiary alicyclic amines) is 1. The molecular formula is C21H27N3O3. The molecule has 0 saturated carbocycles. The first-order valence-corrected chi connectivity index (χ1v) is 9.72. The topological polar surface area (TPSA) is 56.6 Å². The lowest BCUT2D eigenvalue weighted by Crippen LogP contribution is -2.35. The second-order valence-electron chi connectivity index (χ2n) is 7.45. The molecule has 3 heterocycles. The van der Waals surface area contributed by atoms with Crippen molar-refractivity contribution in [3.63, 3.8) is 0 Å². The first kappa shape index (κ1) is 18.0. The third kappa shape index (κ3) is 3.72. The highest BCUT2D eigenvalue weighted by molar-refractivity contribution is 5.42. The molecule has 1 aromatic heterocycles. The fourth-order valence-electron chi connectivity index (χ4n) is 4.43. The Bertz CT molecular complexity index is 877. The lowest BCUT2D eigenvalue weighted by Gasteiger charge is -2.34. The zero-order valence-corrected chi connectivity index (χ0v) is 16.1. The minimum atomic E-state index is -0.0878. The molecule has 6 nitrogen and oxygen atoms in total. The Kier molecular flexibility index (Phi) is 5.16. The zero-order chi connectivity index (χ0) is 18.8. The summed E-state index contributed by atoms with van der Waals surface area (Å²) in [5.74, 6) is 2.88. The van der Waals surface area contributed by atoms with E-state index in [-0.39, 0.29) is 5.56 Å². The van der Waals surface area contributed by atoms with E-state index < -0.39 is 0 Å². The van der Waals surface area contributed by atoms with Crippen LogP contribution in [0.3, 0.4) is 0 Å². The predicted molar refractivity (Wildman–Crippen MR) is 104 cm³/mol.